The monoisotopic (exact) mass is 279 g/mol. The van der Waals surface area contributed by atoms with Crippen LogP contribution in [-0.2, 0) is 4.74 Å². The van der Waals surface area contributed by atoms with Gasteiger partial charge in [0, 0.05) is 29.2 Å². The molecule has 0 saturated heterocycles. The second kappa shape index (κ2) is 6.65. The molecule has 1 aromatic heterocycles. The fourth-order valence-corrected chi connectivity index (χ4v) is 2.91. The Hall–Kier alpha value is -1.43. The molecule has 0 fully saturated rings. The van der Waals surface area contributed by atoms with Crippen LogP contribution in [0.5, 0.6) is 0 Å². The molecule has 1 amide bonds. The first-order valence-electron chi connectivity index (χ1n) is 6.13. The Morgan fingerprint density at radius 2 is 2.26 bits per heavy atom. The third-order valence-electron chi connectivity index (χ3n) is 2.91. The SMILES string of the molecule is COCC(CCO)NC(=O)c1csc2ccccc12. The smallest absolute Gasteiger partial charge is 0.253 e. The Labute approximate surface area is 116 Å². The second-order valence-corrected chi connectivity index (χ2v) is 5.19. The van der Waals surface area contributed by atoms with Gasteiger partial charge in [0.05, 0.1) is 18.2 Å². The zero-order valence-electron chi connectivity index (χ0n) is 10.8. The number of benzene rings is 1. The maximum absolute atomic E-state index is 12.2. The van der Waals surface area contributed by atoms with Gasteiger partial charge in [-0.2, -0.15) is 0 Å². The molecule has 102 valence electrons. The van der Waals surface area contributed by atoms with E-state index in [9.17, 15) is 4.79 Å². The molecule has 2 N–H and O–H groups in total. The number of carbonyl (C=O) groups is 1. The van der Waals surface area contributed by atoms with Crippen molar-refractivity contribution in [3.8, 4) is 0 Å². The van der Waals surface area contributed by atoms with Crippen LogP contribution in [0.3, 0.4) is 0 Å². The van der Waals surface area contributed by atoms with Crippen LogP contribution in [0.4, 0.5) is 0 Å². The average Bonchev–Trinajstić information content (AvgIpc) is 2.83. The molecule has 0 aliphatic carbocycles. The van der Waals surface area contributed by atoms with Gasteiger partial charge in [0.15, 0.2) is 0 Å². The van der Waals surface area contributed by atoms with Gasteiger partial charge in [0.2, 0.25) is 0 Å². The molecule has 1 aromatic carbocycles. The number of hydrogen-bond acceptors (Lipinski definition) is 4. The number of rotatable bonds is 6. The van der Waals surface area contributed by atoms with E-state index >= 15 is 0 Å². The molecule has 0 bridgehead atoms. The third kappa shape index (κ3) is 3.32. The fourth-order valence-electron chi connectivity index (χ4n) is 1.97. The molecule has 19 heavy (non-hydrogen) atoms. The first kappa shape index (κ1) is 14.0. The maximum atomic E-state index is 12.2. The number of thiophene rings is 1. The van der Waals surface area contributed by atoms with Gasteiger partial charge in [-0.15, -0.1) is 11.3 Å². The number of methoxy groups -OCH3 is 1. The second-order valence-electron chi connectivity index (χ2n) is 4.28. The molecule has 0 aliphatic heterocycles. The third-order valence-corrected chi connectivity index (χ3v) is 3.87. The molecule has 0 radical (unpaired) electrons. The van der Waals surface area contributed by atoms with Gasteiger partial charge in [-0.1, -0.05) is 18.2 Å². The number of hydrogen-bond donors (Lipinski definition) is 2. The minimum atomic E-state index is -0.166. The maximum Gasteiger partial charge on any atom is 0.253 e. The summed E-state index contributed by atoms with van der Waals surface area (Å²) in [6.45, 7) is 0.424. The summed E-state index contributed by atoms with van der Waals surface area (Å²) in [5, 5.41) is 14.7. The van der Waals surface area contributed by atoms with Crippen molar-refractivity contribution in [2.75, 3.05) is 20.3 Å². The Balaban J connectivity index is 2.14. The molecule has 2 rings (SSSR count). The van der Waals surface area contributed by atoms with Crippen molar-refractivity contribution in [2.24, 2.45) is 0 Å². The lowest BCUT2D eigenvalue weighted by molar-refractivity contribution is 0.0880. The number of amides is 1. The minimum Gasteiger partial charge on any atom is -0.396 e. The number of nitrogens with one attached hydrogen (secondary N) is 1. The molecule has 5 heteroatoms. The molecule has 1 atom stereocenters. The molecule has 1 heterocycles. The van der Waals surface area contributed by atoms with Crippen LogP contribution in [0.1, 0.15) is 16.8 Å². The summed E-state index contributed by atoms with van der Waals surface area (Å²) in [4.78, 5) is 12.2. The van der Waals surface area contributed by atoms with Crippen molar-refractivity contribution in [2.45, 2.75) is 12.5 Å². The number of aliphatic hydroxyl groups excluding tert-OH is 1. The Morgan fingerprint density at radius 1 is 1.47 bits per heavy atom. The van der Waals surface area contributed by atoms with Crippen molar-refractivity contribution >= 4 is 27.3 Å². The topological polar surface area (TPSA) is 58.6 Å². The van der Waals surface area contributed by atoms with Crippen LogP contribution in [0, 0.1) is 0 Å². The van der Waals surface area contributed by atoms with E-state index in [0.29, 0.717) is 18.6 Å². The summed E-state index contributed by atoms with van der Waals surface area (Å²) in [6, 6.07) is 7.66. The Kier molecular flexibility index (Phi) is 4.90. The first-order chi connectivity index (χ1) is 9.26. The fraction of sp³-hybridized carbons (Fsp3) is 0.357. The molecule has 4 nitrogen and oxygen atoms in total. The van der Waals surface area contributed by atoms with Gasteiger partial charge in [-0.05, 0) is 12.5 Å². The summed E-state index contributed by atoms with van der Waals surface area (Å²) in [6.07, 6.45) is 0.488. The zero-order valence-corrected chi connectivity index (χ0v) is 11.6. The zero-order chi connectivity index (χ0) is 13.7. The van der Waals surface area contributed by atoms with Crippen molar-refractivity contribution < 1.29 is 14.6 Å². The molecular formula is C14H17NO3S. The summed E-state index contributed by atoms with van der Waals surface area (Å²) in [7, 11) is 1.58. The quantitative estimate of drug-likeness (QED) is 0.850. The lowest BCUT2D eigenvalue weighted by Gasteiger charge is -2.16. The van der Waals surface area contributed by atoms with Crippen molar-refractivity contribution in [1.29, 1.82) is 0 Å². The van der Waals surface area contributed by atoms with E-state index in [1.807, 2.05) is 29.6 Å². The van der Waals surface area contributed by atoms with E-state index in [4.69, 9.17) is 9.84 Å². The number of ether oxygens (including phenoxy) is 1. The summed E-state index contributed by atoms with van der Waals surface area (Å²) >= 11 is 1.55. The Morgan fingerprint density at radius 3 is 3.00 bits per heavy atom. The van der Waals surface area contributed by atoms with E-state index in [1.54, 1.807) is 18.4 Å². The van der Waals surface area contributed by atoms with E-state index in [2.05, 4.69) is 5.32 Å². The largest absolute Gasteiger partial charge is 0.396 e. The summed E-state index contributed by atoms with van der Waals surface area (Å²) in [5.74, 6) is -0.118. The normalized spacial score (nSPS) is 12.5. The van der Waals surface area contributed by atoms with Crippen molar-refractivity contribution in [3.05, 3.63) is 35.2 Å². The van der Waals surface area contributed by atoms with Crippen molar-refractivity contribution in [1.82, 2.24) is 5.32 Å². The number of carbonyl (C=O) groups excluding carboxylic acids is 1. The van der Waals surface area contributed by atoms with E-state index in [-0.39, 0.29) is 18.6 Å². The lowest BCUT2D eigenvalue weighted by Crippen LogP contribution is -2.38. The Bertz CT molecular complexity index is 546. The molecular weight excluding hydrogens is 262 g/mol. The highest BCUT2D eigenvalue weighted by Gasteiger charge is 2.16. The van der Waals surface area contributed by atoms with Crippen LogP contribution in [0.25, 0.3) is 10.1 Å². The molecule has 2 aromatic rings. The lowest BCUT2D eigenvalue weighted by atomic mass is 10.1. The van der Waals surface area contributed by atoms with Gasteiger partial charge in [0.1, 0.15) is 0 Å². The predicted molar refractivity (Wildman–Crippen MR) is 76.7 cm³/mol. The van der Waals surface area contributed by atoms with E-state index < -0.39 is 0 Å². The average molecular weight is 279 g/mol. The van der Waals surface area contributed by atoms with E-state index in [0.717, 1.165) is 10.1 Å². The highest BCUT2D eigenvalue weighted by atomic mass is 32.1. The molecule has 0 aliphatic rings. The van der Waals surface area contributed by atoms with Gasteiger partial charge >= 0.3 is 0 Å². The van der Waals surface area contributed by atoms with Gasteiger partial charge in [-0.25, -0.2) is 0 Å². The highest BCUT2D eigenvalue weighted by molar-refractivity contribution is 7.17. The van der Waals surface area contributed by atoms with Crippen LogP contribution >= 0.6 is 11.3 Å². The number of aliphatic hydroxyl groups is 1. The first-order valence-corrected chi connectivity index (χ1v) is 7.01. The van der Waals surface area contributed by atoms with Crippen LogP contribution in [-0.4, -0.2) is 37.4 Å². The summed E-state index contributed by atoms with van der Waals surface area (Å²) < 4.78 is 6.13. The van der Waals surface area contributed by atoms with Gasteiger partial charge in [-0.3, -0.25) is 4.79 Å². The van der Waals surface area contributed by atoms with Gasteiger partial charge in [0.25, 0.3) is 5.91 Å². The van der Waals surface area contributed by atoms with Crippen LogP contribution in [0.15, 0.2) is 29.6 Å². The van der Waals surface area contributed by atoms with E-state index in [1.165, 1.54) is 0 Å². The number of fused-ring (bicyclic) bond motifs is 1. The van der Waals surface area contributed by atoms with Crippen LogP contribution < -0.4 is 5.32 Å². The summed E-state index contributed by atoms with van der Waals surface area (Å²) in [5.41, 5.74) is 0.680. The standard InChI is InChI=1S/C14H17NO3S/c1-18-8-10(6-7-16)15-14(17)12-9-19-13-5-3-2-4-11(12)13/h2-5,9-10,16H,6-8H2,1H3,(H,15,17). The molecule has 0 spiro atoms. The molecule has 0 saturated carbocycles. The van der Waals surface area contributed by atoms with Gasteiger partial charge < -0.3 is 15.2 Å². The molecule has 1 unspecified atom stereocenters. The predicted octanol–water partition coefficient (Wildman–Crippen LogP) is 2.03. The minimum absolute atomic E-state index is 0.0265. The highest BCUT2D eigenvalue weighted by Crippen LogP contribution is 2.25. The van der Waals surface area contributed by atoms with Crippen LogP contribution in [0.2, 0.25) is 0 Å². The van der Waals surface area contributed by atoms with Crippen molar-refractivity contribution in [3.63, 3.8) is 0 Å².